The Hall–Kier alpha value is -2.50. The molecule has 2 aromatic carbocycles. The Bertz CT molecular complexity index is 1000. The lowest BCUT2D eigenvalue weighted by molar-refractivity contribution is -0.138. The van der Waals surface area contributed by atoms with Crippen molar-refractivity contribution >= 4 is 40.9 Å². The van der Waals surface area contributed by atoms with Crippen molar-refractivity contribution in [3.05, 3.63) is 64.3 Å². The highest BCUT2D eigenvalue weighted by Gasteiger charge is 2.24. The van der Waals surface area contributed by atoms with Crippen LogP contribution in [0, 0.1) is 5.92 Å². The number of hydrogen-bond acceptors (Lipinski definition) is 4. The molecule has 0 atom stereocenters. The zero-order valence-corrected chi connectivity index (χ0v) is 17.8. The molecule has 5 nitrogen and oxygen atoms in total. The predicted molar refractivity (Wildman–Crippen MR) is 119 cm³/mol. The van der Waals surface area contributed by atoms with Gasteiger partial charge in [-0.3, -0.25) is 4.79 Å². The van der Waals surface area contributed by atoms with Gasteiger partial charge in [-0.1, -0.05) is 47.5 Å². The Balaban J connectivity index is 1.39. The second-order valence-electron chi connectivity index (χ2n) is 7.75. The van der Waals surface area contributed by atoms with Gasteiger partial charge in [-0.2, -0.15) is 0 Å². The van der Waals surface area contributed by atoms with E-state index in [1.54, 1.807) is 24.4 Å². The number of aliphatic carboxylic acids is 1. The van der Waals surface area contributed by atoms with E-state index in [2.05, 4.69) is 22.4 Å². The van der Waals surface area contributed by atoms with Crippen LogP contribution in [0.5, 0.6) is 0 Å². The van der Waals surface area contributed by atoms with E-state index in [1.165, 1.54) is 5.56 Å². The normalized spacial score (nSPS) is 18.9. The summed E-state index contributed by atoms with van der Waals surface area (Å²) in [6.45, 7) is 0. The molecule has 1 aromatic heterocycles. The number of benzene rings is 2. The fourth-order valence-electron chi connectivity index (χ4n) is 4.08. The first kappa shape index (κ1) is 20.8. The largest absolute Gasteiger partial charge is 0.481 e. The molecule has 0 unspecified atom stereocenters. The fourth-order valence-corrected chi connectivity index (χ4v) is 4.61. The van der Waals surface area contributed by atoms with Crippen LogP contribution < -0.4 is 5.32 Å². The third-order valence-corrected chi connectivity index (χ3v) is 6.03. The zero-order chi connectivity index (χ0) is 21.1. The van der Waals surface area contributed by atoms with Gasteiger partial charge >= 0.3 is 5.97 Å². The van der Waals surface area contributed by atoms with Gasteiger partial charge < -0.3 is 14.8 Å². The molecule has 0 spiro atoms. The fraction of sp³-hybridized carbons (Fsp3) is 0.304. The van der Waals surface area contributed by atoms with E-state index in [4.69, 9.17) is 32.7 Å². The molecule has 156 valence electrons. The molecule has 30 heavy (non-hydrogen) atoms. The Labute approximate surface area is 185 Å². The summed E-state index contributed by atoms with van der Waals surface area (Å²) in [6, 6.07) is 13.9. The van der Waals surface area contributed by atoms with Crippen molar-refractivity contribution in [3.8, 4) is 11.3 Å². The Kier molecular flexibility index (Phi) is 6.30. The van der Waals surface area contributed by atoms with E-state index >= 15 is 0 Å². The monoisotopic (exact) mass is 444 g/mol. The number of aromatic nitrogens is 1. The summed E-state index contributed by atoms with van der Waals surface area (Å²) < 4.78 is 5.83. The predicted octanol–water partition coefficient (Wildman–Crippen LogP) is 7.14. The van der Waals surface area contributed by atoms with Gasteiger partial charge in [0.1, 0.15) is 0 Å². The topological polar surface area (TPSA) is 75.4 Å². The van der Waals surface area contributed by atoms with Crippen molar-refractivity contribution in [1.29, 1.82) is 0 Å². The molecule has 1 aliphatic carbocycles. The Morgan fingerprint density at radius 3 is 2.37 bits per heavy atom. The summed E-state index contributed by atoms with van der Waals surface area (Å²) in [7, 11) is 0. The van der Waals surface area contributed by atoms with E-state index in [9.17, 15) is 4.79 Å². The molecule has 1 fully saturated rings. The zero-order valence-electron chi connectivity index (χ0n) is 16.3. The minimum Gasteiger partial charge on any atom is -0.481 e. The summed E-state index contributed by atoms with van der Waals surface area (Å²) in [5, 5.41) is 13.1. The molecule has 3 aromatic rings. The first-order valence-electron chi connectivity index (χ1n) is 9.97. The van der Waals surface area contributed by atoms with Crippen LogP contribution in [0.1, 0.15) is 43.6 Å². The number of oxazole rings is 1. The molecule has 0 radical (unpaired) electrons. The van der Waals surface area contributed by atoms with Gasteiger partial charge in [0.15, 0.2) is 5.76 Å². The van der Waals surface area contributed by atoms with Crippen LogP contribution in [0.4, 0.5) is 11.7 Å². The van der Waals surface area contributed by atoms with Crippen molar-refractivity contribution < 1.29 is 14.3 Å². The highest BCUT2D eigenvalue weighted by molar-refractivity contribution is 6.35. The standard InChI is InChI=1S/C23H22Cl2N2O3/c24-18-10-19(25)12-20(11-18)27-23-26-13-21(30-23)17-7-5-16(6-8-17)15-3-1-14(2-4-15)9-22(28)29/h5-8,10-15H,1-4,9H2,(H,26,27)(H,28,29). The lowest BCUT2D eigenvalue weighted by Crippen LogP contribution is -2.16. The molecule has 7 heteroatoms. The highest BCUT2D eigenvalue weighted by atomic mass is 35.5. The van der Waals surface area contributed by atoms with E-state index in [-0.39, 0.29) is 6.42 Å². The SMILES string of the molecule is O=C(O)CC1CCC(c2ccc(-c3cnc(Nc4cc(Cl)cc(Cl)c4)o3)cc2)CC1. The molecule has 0 aliphatic heterocycles. The number of nitrogens with zero attached hydrogens (tertiary/aromatic N) is 1. The maximum absolute atomic E-state index is 10.9. The van der Waals surface area contributed by atoms with Gasteiger partial charge in [0.25, 0.3) is 6.01 Å². The summed E-state index contributed by atoms with van der Waals surface area (Å²) >= 11 is 12.0. The third kappa shape index (κ3) is 5.15. The number of nitrogens with one attached hydrogen (secondary N) is 1. The van der Waals surface area contributed by atoms with Gasteiger partial charge in [0.05, 0.1) is 6.20 Å². The number of carboxylic acid groups (broad SMARTS) is 1. The highest BCUT2D eigenvalue weighted by Crippen LogP contribution is 2.37. The molecule has 2 N–H and O–H groups in total. The van der Waals surface area contributed by atoms with Gasteiger partial charge in [-0.15, -0.1) is 0 Å². The number of rotatable bonds is 6. The molecular formula is C23H22Cl2N2O3. The average Bonchev–Trinajstić information content (AvgIpc) is 3.16. The average molecular weight is 445 g/mol. The van der Waals surface area contributed by atoms with Crippen LogP contribution in [0.25, 0.3) is 11.3 Å². The quantitative estimate of drug-likeness (QED) is 0.422. The maximum Gasteiger partial charge on any atom is 0.303 e. The summed E-state index contributed by atoms with van der Waals surface area (Å²) in [4.78, 5) is 15.2. The molecule has 0 saturated heterocycles. The number of carbonyl (C=O) groups is 1. The number of anilines is 2. The van der Waals surface area contributed by atoms with Crippen molar-refractivity contribution in [2.24, 2.45) is 5.92 Å². The van der Waals surface area contributed by atoms with Crippen molar-refractivity contribution in [2.75, 3.05) is 5.32 Å². The maximum atomic E-state index is 10.9. The molecule has 4 rings (SSSR count). The van der Waals surface area contributed by atoms with Gasteiger partial charge in [0, 0.05) is 27.7 Å². The molecule has 1 aliphatic rings. The number of carboxylic acids is 1. The first-order chi connectivity index (χ1) is 14.5. The third-order valence-electron chi connectivity index (χ3n) is 5.60. The summed E-state index contributed by atoms with van der Waals surface area (Å²) in [5.41, 5.74) is 2.94. The second-order valence-corrected chi connectivity index (χ2v) is 8.62. The van der Waals surface area contributed by atoms with Crippen molar-refractivity contribution in [2.45, 2.75) is 38.0 Å². The number of hydrogen-bond donors (Lipinski definition) is 2. The van der Waals surface area contributed by atoms with Gasteiger partial charge in [-0.25, -0.2) is 4.98 Å². The van der Waals surface area contributed by atoms with Crippen LogP contribution in [0.2, 0.25) is 10.0 Å². The Morgan fingerprint density at radius 1 is 1.07 bits per heavy atom. The van der Waals surface area contributed by atoms with Gasteiger partial charge in [-0.05, 0) is 61.3 Å². The lowest BCUT2D eigenvalue weighted by atomic mass is 9.77. The molecule has 1 saturated carbocycles. The van der Waals surface area contributed by atoms with Crippen LogP contribution in [0.3, 0.4) is 0 Å². The minimum absolute atomic E-state index is 0.287. The first-order valence-corrected chi connectivity index (χ1v) is 10.7. The molecule has 0 amide bonds. The smallest absolute Gasteiger partial charge is 0.303 e. The Morgan fingerprint density at radius 2 is 1.73 bits per heavy atom. The van der Waals surface area contributed by atoms with E-state index in [1.807, 2.05) is 12.1 Å². The second kappa shape index (κ2) is 9.11. The summed E-state index contributed by atoms with van der Waals surface area (Å²) in [5.74, 6) is 0.778. The molecule has 1 heterocycles. The molecular weight excluding hydrogens is 423 g/mol. The van der Waals surface area contributed by atoms with Crippen molar-refractivity contribution in [1.82, 2.24) is 4.98 Å². The molecule has 0 bridgehead atoms. The van der Waals surface area contributed by atoms with Gasteiger partial charge in [0.2, 0.25) is 0 Å². The van der Waals surface area contributed by atoms with Crippen LogP contribution in [-0.4, -0.2) is 16.1 Å². The van der Waals surface area contributed by atoms with E-state index in [0.717, 1.165) is 31.2 Å². The minimum atomic E-state index is -0.692. The van der Waals surface area contributed by atoms with E-state index in [0.29, 0.717) is 39.3 Å². The van der Waals surface area contributed by atoms with Crippen LogP contribution in [-0.2, 0) is 4.79 Å². The van der Waals surface area contributed by atoms with E-state index < -0.39 is 5.97 Å². The van der Waals surface area contributed by atoms with Crippen molar-refractivity contribution in [3.63, 3.8) is 0 Å². The van der Waals surface area contributed by atoms with Crippen LogP contribution in [0.15, 0.2) is 53.1 Å². The lowest BCUT2D eigenvalue weighted by Gasteiger charge is -2.28. The number of halogens is 2. The van der Waals surface area contributed by atoms with Crippen LogP contribution >= 0.6 is 23.2 Å². The summed E-state index contributed by atoms with van der Waals surface area (Å²) in [6.07, 6.45) is 5.99.